The average molecular weight is 394 g/mol. The molecule has 0 saturated carbocycles. The Morgan fingerprint density at radius 2 is 1.78 bits per heavy atom. The van der Waals surface area contributed by atoms with Crippen LogP contribution in [0.2, 0.25) is 5.02 Å². The lowest BCUT2D eigenvalue weighted by Crippen LogP contribution is -2.44. The highest BCUT2D eigenvalue weighted by Crippen LogP contribution is 2.18. The second-order valence-electron chi connectivity index (χ2n) is 7.18. The molecule has 1 aliphatic heterocycles. The van der Waals surface area contributed by atoms with E-state index in [0.29, 0.717) is 55.9 Å². The lowest BCUT2D eigenvalue weighted by Gasteiger charge is -2.31. The molecular weight excluding hydrogens is 366 g/mol. The highest BCUT2D eigenvalue weighted by molar-refractivity contribution is 6.30. The number of halogens is 1. The third-order valence-corrected chi connectivity index (χ3v) is 4.86. The van der Waals surface area contributed by atoms with Crippen molar-refractivity contribution >= 4 is 29.3 Å². The molecule has 2 N–H and O–H groups in total. The predicted octanol–water partition coefficient (Wildman–Crippen LogP) is 2.61. The number of rotatable bonds is 7. The summed E-state index contributed by atoms with van der Waals surface area (Å²) in [5.41, 5.74) is 0.549. The van der Waals surface area contributed by atoms with Gasteiger partial charge in [-0.2, -0.15) is 0 Å². The van der Waals surface area contributed by atoms with Crippen LogP contribution in [0.25, 0.3) is 0 Å². The van der Waals surface area contributed by atoms with Crippen molar-refractivity contribution in [2.24, 2.45) is 5.92 Å². The molecule has 2 rings (SSSR count). The van der Waals surface area contributed by atoms with Gasteiger partial charge in [0.05, 0.1) is 0 Å². The van der Waals surface area contributed by atoms with Crippen molar-refractivity contribution in [1.82, 2.24) is 15.5 Å². The quantitative estimate of drug-likeness (QED) is 0.699. The smallest absolute Gasteiger partial charge is 0.251 e. The van der Waals surface area contributed by atoms with E-state index in [1.165, 1.54) is 0 Å². The van der Waals surface area contributed by atoms with E-state index >= 15 is 0 Å². The molecule has 1 aromatic rings. The van der Waals surface area contributed by atoms with E-state index in [9.17, 15) is 14.4 Å². The van der Waals surface area contributed by atoms with Crippen LogP contribution in [-0.2, 0) is 9.59 Å². The van der Waals surface area contributed by atoms with E-state index in [1.807, 2.05) is 18.7 Å². The van der Waals surface area contributed by atoms with E-state index < -0.39 is 0 Å². The number of hydrogen-bond donors (Lipinski definition) is 2. The molecule has 27 heavy (non-hydrogen) atoms. The minimum absolute atomic E-state index is 0.00452. The fourth-order valence-electron chi connectivity index (χ4n) is 3.10. The maximum absolute atomic E-state index is 12.3. The van der Waals surface area contributed by atoms with Crippen molar-refractivity contribution in [3.05, 3.63) is 34.9 Å². The lowest BCUT2D eigenvalue weighted by atomic mass is 9.95. The van der Waals surface area contributed by atoms with Crippen LogP contribution in [0.1, 0.15) is 49.9 Å². The maximum Gasteiger partial charge on any atom is 0.251 e. The number of hydrogen-bond acceptors (Lipinski definition) is 3. The summed E-state index contributed by atoms with van der Waals surface area (Å²) in [4.78, 5) is 38.1. The molecule has 1 heterocycles. The Morgan fingerprint density at radius 3 is 2.37 bits per heavy atom. The Kier molecular flexibility index (Phi) is 8.10. The van der Waals surface area contributed by atoms with E-state index in [0.717, 1.165) is 0 Å². The summed E-state index contributed by atoms with van der Waals surface area (Å²) in [6.07, 6.45) is 2.39. The molecule has 0 radical (unpaired) electrons. The van der Waals surface area contributed by atoms with Crippen molar-refractivity contribution in [2.75, 3.05) is 19.6 Å². The Balaban J connectivity index is 1.64. The molecule has 1 saturated heterocycles. The molecule has 7 heteroatoms. The normalized spacial score (nSPS) is 14.9. The molecule has 0 aliphatic carbocycles. The third kappa shape index (κ3) is 6.86. The van der Waals surface area contributed by atoms with Gasteiger partial charge in [0, 0.05) is 48.6 Å². The van der Waals surface area contributed by atoms with Crippen LogP contribution in [0.4, 0.5) is 0 Å². The summed E-state index contributed by atoms with van der Waals surface area (Å²) >= 11 is 5.80. The Morgan fingerprint density at radius 1 is 1.15 bits per heavy atom. The average Bonchev–Trinajstić information content (AvgIpc) is 2.65. The molecule has 0 atom stereocenters. The van der Waals surface area contributed by atoms with Crippen LogP contribution in [0, 0.1) is 5.92 Å². The van der Waals surface area contributed by atoms with Gasteiger partial charge in [0.25, 0.3) is 5.91 Å². The number of carbonyl (C=O) groups excluding carboxylic acids is 3. The molecule has 1 aromatic carbocycles. The van der Waals surface area contributed by atoms with E-state index in [1.54, 1.807) is 24.3 Å². The van der Waals surface area contributed by atoms with Crippen molar-refractivity contribution in [3.8, 4) is 0 Å². The van der Waals surface area contributed by atoms with Crippen LogP contribution < -0.4 is 10.6 Å². The number of nitrogens with one attached hydrogen (secondary N) is 2. The zero-order valence-electron chi connectivity index (χ0n) is 16.0. The maximum atomic E-state index is 12.3. The highest BCUT2D eigenvalue weighted by atomic mass is 35.5. The minimum Gasteiger partial charge on any atom is -0.354 e. The van der Waals surface area contributed by atoms with Crippen LogP contribution in [0.3, 0.4) is 0 Å². The zero-order chi connectivity index (χ0) is 19.8. The summed E-state index contributed by atoms with van der Waals surface area (Å²) in [5, 5.41) is 6.33. The summed E-state index contributed by atoms with van der Waals surface area (Å²) < 4.78 is 0. The van der Waals surface area contributed by atoms with Crippen molar-refractivity contribution < 1.29 is 14.4 Å². The number of carbonyl (C=O) groups is 3. The second kappa shape index (κ2) is 10.3. The van der Waals surface area contributed by atoms with Crippen LogP contribution in [0.5, 0.6) is 0 Å². The van der Waals surface area contributed by atoms with Gasteiger partial charge in [0.1, 0.15) is 0 Å². The molecule has 1 aliphatic rings. The summed E-state index contributed by atoms with van der Waals surface area (Å²) in [6.45, 7) is 5.57. The predicted molar refractivity (Wildman–Crippen MR) is 106 cm³/mol. The van der Waals surface area contributed by atoms with Crippen LogP contribution >= 0.6 is 11.6 Å². The molecule has 148 valence electrons. The molecule has 0 aromatic heterocycles. The van der Waals surface area contributed by atoms with E-state index in [2.05, 4.69) is 10.6 Å². The topological polar surface area (TPSA) is 78.5 Å². The minimum atomic E-state index is -0.170. The summed E-state index contributed by atoms with van der Waals surface area (Å²) in [6, 6.07) is 6.82. The first-order valence-corrected chi connectivity index (χ1v) is 9.86. The molecule has 0 spiro atoms. The van der Waals surface area contributed by atoms with Gasteiger partial charge < -0.3 is 15.5 Å². The molecule has 3 amide bonds. The van der Waals surface area contributed by atoms with Gasteiger partial charge in [0.15, 0.2) is 0 Å². The van der Waals surface area contributed by atoms with Crippen LogP contribution in [0.15, 0.2) is 24.3 Å². The molecular formula is C20H28ClN3O3. The number of piperidine rings is 1. The standard InChI is InChI=1S/C20H28ClN3O3/c1-14(2)23-20(27)16-9-12-24(13-10-16)18(25)4-3-11-22-19(26)15-5-7-17(21)8-6-15/h5-8,14,16H,3-4,9-13H2,1-2H3,(H,22,26)(H,23,27). The van der Waals surface area contributed by atoms with Crippen molar-refractivity contribution in [2.45, 2.75) is 45.6 Å². The Hall–Kier alpha value is -2.08. The molecule has 1 fully saturated rings. The number of nitrogens with zero attached hydrogens (tertiary/aromatic N) is 1. The molecule has 0 unspecified atom stereocenters. The van der Waals surface area contributed by atoms with Gasteiger partial charge >= 0.3 is 0 Å². The summed E-state index contributed by atoms with van der Waals surface area (Å²) in [7, 11) is 0. The fourth-order valence-corrected chi connectivity index (χ4v) is 3.22. The molecule has 0 bridgehead atoms. The van der Waals surface area contributed by atoms with Crippen molar-refractivity contribution in [1.29, 1.82) is 0 Å². The van der Waals surface area contributed by atoms with Gasteiger partial charge in [-0.15, -0.1) is 0 Å². The number of amides is 3. The first-order valence-electron chi connectivity index (χ1n) is 9.48. The summed E-state index contributed by atoms with van der Waals surface area (Å²) in [5.74, 6) is -0.00770. The van der Waals surface area contributed by atoms with E-state index in [4.69, 9.17) is 11.6 Å². The van der Waals surface area contributed by atoms with Gasteiger partial charge in [-0.1, -0.05) is 11.6 Å². The van der Waals surface area contributed by atoms with Gasteiger partial charge in [0.2, 0.25) is 11.8 Å². The van der Waals surface area contributed by atoms with Crippen LogP contribution in [-0.4, -0.2) is 48.3 Å². The lowest BCUT2D eigenvalue weighted by molar-refractivity contribution is -0.135. The third-order valence-electron chi connectivity index (χ3n) is 4.61. The van der Waals surface area contributed by atoms with E-state index in [-0.39, 0.29) is 29.7 Å². The van der Waals surface area contributed by atoms with Gasteiger partial charge in [-0.25, -0.2) is 0 Å². The first kappa shape index (κ1) is 21.2. The number of benzene rings is 1. The Bertz CT molecular complexity index is 653. The van der Waals surface area contributed by atoms with Crippen molar-refractivity contribution in [3.63, 3.8) is 0 Å². The monoisotopic (exact) mass is 393 g/mol. The Labute approximate surface area is 165 Å². The second-order valence-corrected chi connectivity index (χ2v) is 7.62. The first-order chi connectivity index (χ1) is 12.9. The number of likely N-dealkylation sites (tertiary alicyclic amines) is 1. The fraction of sp³-hybridized carbons (Fsp3) is 0.550. The SMILES string of the molecule is CC(C)NC(=O)C1CCN(C(=O)CCCNC(=O)c2ccc(Cl)cc2)CC1. The molecule has 6 nitrogen and oxygen atoms in total. The highest BCUT2D eigenvalue weighted by Gasteiger charge is 2.27. The van der Waals surface area contributed by atoms with Gasteiger partial charge in [-0.3, -0.25) is 14.4 Å². The largest absolute Gasteiger partial charge is 0.354 e. The zero-order valence-corrected chi connectivity index (χ0v) is 16.7. The van der Waals surface area contributed by atoms with Gasteiger partial charge in [-0.05, 0) is 57.4 Å².